The van der Waals surface area contributed by atoms with Crippen LogP contribution in [0.5, 0.6) is 5.75 Å². The number of nitrogens with two attached hydrogens (primary N) is 1. The van der Waals surface area contributed by atoms with Gasteiger partial charge in [-0.3, -0.25) is 9.59 Å². The number of carbonyl (C=O) groups is 2. The van der Waals surface area contributed by atoms with Crippen LogP contribution in [0.4, 0.5) is 11.4 Å². The molecule has 1 fully saturated rings. The minimum Gasteiger partial charge on any atom is -0.495 e. The van der Waals surface area contributed by atoms with Gasteiger partial charge >= 0.3 is 0 Å². The second-order valence-electron chi connectivity index (χ2n) is 5.12. The van der Waals surface area contributed by atoms with Crippen LogP contribution in [0.25, 0.3) is 0 Å². The van der Waals surface area contributed by atoms with E-state index in [-0.39, 0.29) is 18.2 Å². The Morgan fingerprint density at radius 2 is 1.95 bits per heavy atom. The van der Waals surface area contributed by atoms with Crippen LogP contribution in [0.3, 0.4) is 0 Å². The Kier molecular flexibility index (Phi) is 3.70. The minimum absolute atomic E-state index is 0.126. The predicted octanol–water partition coefficient (Wildman–Crippen LogP) is 2.35. The van der Waals surface area contributed by atoms with Gasteiger partial charge in [0.1, 0.15) is 5.75 Å². The zero-order chi connectivity index (χ0) is 14.9. The first kappa shape index (κ1) is 14.4. The standard InChI is InChI=1S/C15H20N2O3/c1-4-15(5-2)9-13(18)17(14(15)19)10-6-7-11(16)12(8-10)20-3/h6-8H,4-5,9,16H2,1-3H3. The fraction of sp³-hybridized carbons (Fsp3) is 0.467. The van der Waals surface area contributed by atoms with Gasteiger partial charge in [0.2, 0.25) is 11.8 Å². The Hall–Kier alpha value is -2.04. The number of hydrogen-bond acceptors (Lipinski definition) is 4. The van der Waals surface area contributed by atoms with Crippen molar-refractivity contribution in [3.8, 4) is 5.75 Å². The molecule has 1 saturated heterocycles. The van der Waals surface area contributed by atoms with Gasteiger partial charge in [-0.05, 0) is 25.0 Å². The number of ether oxygens (including phenoxy) is 1. The SMILES string of the molecule is CCC1(CC)CC(=O)N(c2ccc(N)c(OC)c2)C1=O. The zero-order valence-corrected chi connectivity index (χ0v) is 12.1. The van der Waals surface area contributed by atoms with E-state index in [1.807, 2.05) is 13.8 Å². The van der Waals surface area contributed by atoms with Crippen LogP contribution >= 0.6 is 0 Å². The molecule has 0 aromatic heterocycles. The van der Waals surface area contributed by atoms with E-state index < -0.39 is 5.41 Å². The molecule has 0 atom stereocenters. The highest BCUT2D eigenvalue weighted by molar-refractivity contribution is 6.22. The Balaban J connectivity index is 2.43. The van der Waals surface area contributed by atoms with Crippen LogP contribution in [-0.4, -0.2) is 18.9 Å². The van der Waals surface area contributed by atoms with Crippen molar-refractivity contribution in [3.63, 3.8) is 0 Å². The molecule has 20 heavy (non-hydrogen) atoms. The lowest BCUT2D eigenvalue weighted by Gasteiger charge is -2.23. The van der Waals surface area contributed by atoms with Crippen LogP contribution < -0.4 is 15.4 Å². The van der Waals surface area contributed by atoms with Gasteiger partial charge in [-0.1, -0.05) is 13.8 Å². The molecule has 0 spiro atoms. The molecule has 0 bridgehead atoms. The second-order valence-corrected chi connectivity index (χ2v) is 5.12. The molecule has 108 valence electrons. The first-order valence-corrected chi connectivity index (χ1v) is 6.80. The summed E-state index contributed by atoms with van der Waals surface area (Å²) >= 11 is 0. The monoisotopic (exact) mass is 276 g/mol. The van der Waals surface area contributed by atoms with Crippen LogP contribution in [-0.2, 0) is 9.59 Å². The van der Waals surface area contributed by atoms with Crippen molar-refractivity contribution in [3.05, 3.63) is 18.2 Å². The lowest BCUT2D eigenvalue weighted by molar-refractivity contribution is -0.126. The van der Waals surface area contributed by atoms with E-state index in [2.05, 4.69) is 0 Å². The molecule has 0 radical (unpaired) electrons. The van der Waals surface area contributed by atoms with Crippen molar-refractivity contribution in [2.45, 2.75) is 33.1 Å². The van der Waals surface area contributed by atoms with Crippen molar-refractivity contribution < 1.29 is 14.3 Å². The highest BCUT2D eigenvalue weighted by atomic mass is 16.5. The summed E-state index contributed by atoms with van der Waals surface area (Å²) in [4.78, 5) is 26.1. The van der Waals surface area contributed by atoms with E-state index in [0.717, 1.165) is 0 Å². The van der Waals surface area contributed by atoms with Gasteiger partial charge in [-0.2, -0.15) is 0 Å². The van der Waals surface area contributed by atoms with Crippen LogP contribution in [0.2, 0.25) is 0 Å². The van der Waals surface area contributed by atoms with E-state index in [1.165, 1.54) is 12.0 Å². The quantitative estimate of drug-likeness (QED) is 0.676. The topological polar surface area (TPSA) is 72.6 Å². The third kappa shape index (κ3) is 2.03. The van der Waals surface area contributed by atoms with E-state index in [4.69, 9.17) is 10.5 Å². The molecular weight excluding hydrogens is 256 g/mol. The zero-order valence-electron chi connectivity index (χ0n) is 12.1. The molecule has 1 heterocycles. The summed E-state index contributed by atoms with van der Waals surface area (Å²) in [7, 11) is 1.51. The summed E-state index contributed by atoms with van der Waals surface area (Å²) in [6.07, 6.45) is 1.60. The Bertz CT molecular complexity index is 550. The number of nitrogen functional groups attached to an aromatic ring is 1. The highest BCUT2D eigenvalue weighted by Crippen LogP contribution is 2.42. The summed E-state index contributed by atoms with van der Waals surface area (Å²) in [5.41, 5.74) is 6.20. The molecule has 1 aliphatic rings. The van der Waals surface area contributed by atoms with Gasteiger partial charge in [0.05, 0.1) is 23.9 Å². The fourth-order valence-electron chi connectivity index (χ4n) is 2.70. The minimum atomic E-state index is -0.564. The molecule has 0 unspecified atom stereocenters. The van der Waals surface area contributed by atoms with Crippen molar-refractivity contribution >= 4 is 23.2 Å². The van der Waals surface area contributed by atoms with Crippen molar-refractivity contribution in [2.24, 2.45) is 5.41 Å². The molecule has 0 saturated carbocycles. The fourth-order valence-corrected chi connectivity index (χ4v) is 2.70. The van der Waals surface area contributed by atoms with Crippen molar-refractivity contribution in [1.29, 1.82) is 0 Å². The maximum absolute atomic E-state index is 12.6. The van der Waals surface area contributed by atoms with Gasteiger partial charge in [0, 0.05) is 12.5 Å². The van der Waals surface area contributed by atoms with Crippen molar-refractivity contribution in [1.82, 2.24) is 0 Å². The summed E-state index contributed by atoms with van der Waals surface area (Å²) in [6, 6.07) is 4.95. The molecular formula is C15H20N2O3. The molecule has 2 N–H and O–H groups in total. The van der Waals surface area contributed by atoms with E-state index in [0.29, 0.717) is 30.0 Å². The van der Waals surface area contributed by atoms with Gasteiger partial charge < -0.3 is 10.5 Å². The van der Waals surface area contributed by atoms with Gasteiger partial charge in [0.25, 0.3) is 0 Å². The van der Waals surface area contributed by atoms with Crippen LogP contribution in [0, 0.1) is 5.41 Å². The van der Waals surface area contributed by atoms with Gasteiger partial charge in [-0.15, -0.1) is 0 Å². The number of benzene rings is 1. The molecule has 5 nitrogen and oxygen atoms in total. The van der Waals surface area contributed by atoms with Gasteiger partial charge in [-0.25, -0.2) is 4.90 Å². The third-order valence-corrected chi connectivity index (χ3v) is 4.22. The first-order chi connectivity index (χ1) is 9.49. The highest BCUT2D eigenvalue weighted by Gasteiger charge is 2.49. The molecule has 5 heteroatoms. The molecule has 0 aliphatic carbocycles. The lowest BCUT2D eigenvalue weighted by Crippen LogP contribution is -2.35. The Labute approximate surface area is 118 Å². The second kappa shape index (κ2) is 5.15. The number of carbonyl (C=O) groups excluding carboxylic acids is 2. The molecule has 1 aromatic carbocycles. The smallest absolute Gasteiger partial charge is 0.240 e. The number of amides is 2. The number of imide groups is 1. The van der Waals surface area contributed by atoms with Gasteiger partial charge in [0.15, 0.2) is 0 Å². The largest absolute Gasteiger partial charge is 0.495 e. The molecule has 1 aromatic rings. The molecule has 1 aliphatic heterocycles. The Morgan fingerprint density at radius 1 is 1.30 bits per heavy atom. The maximum Gasteiger partial charge on any atom is 0.240 e. The molecule has 2 rings (SSSR count). The predicted molar refractivity (Wildman–Crippen MR) is 77.5 cm³/mol. The Morgan fingerprint density at radius 3 is 2.45 bits per heavy atom. The summed E-state index contributed by atoms with van der Waals surface area (Å²) in [5, 5.41) is 0. The third-order valence-electron chi connectivity index (χ3n) is 4.22. The van der Waals surface area contributed by atoms with Crippen molar-refractivity contribution in [2.75, 3.05) is 17.7 Å². The summed E-state index contributed by atoms with van der Waals surface area (Å²) < 4.78 is 5.15. The van der Waals surface area contributed by atoms with E-state index in [9.17, 15) is 9.59 Å². The number of hydrogen-bond donors (Lipinski definition) is 1. The van der Waals surface area contributed by atoms with E-state index in [1.54, 1.807) is 18.2 Å². The normalized spacial score (nSPS) is 17.6. The first-order valence-electron chi connectivity index (χ1n) is 6.80. The lowest BCUT2D eigenvalue weighted by atomic mass is 9.81. The number of anilines is 2. The number of rotatable bonds is 4. The summed E-state index contributed by atoms with van der Waals surface area (Å²) in [5.74, 6) is 0.179. The molecule has 2 amide bonds. The number of nitrogens with zero attached hydrogens (tertiary/aromatic N) is 1. The van der Waals surface area contributed by atoms with E-state index >= 15 is 0 Å². The number of methoxy groups -OCH3 is 1. The van der Waals surface area contributed by atoms with Crippen LogP contribution in [0.15, 0.2) is 18.2 Å². The average Bonchev–Trinajstić information content (AvgIpc) is 2.71. The maximum atomic E-state index is 12.6. The van der Waals surface area contributed by atoms with Crippen LogP contribution in [0.1, 0.15) is 33.1 Å². The summed E-state index contributed by atoms with van der Waals surface area (Å²) in [6.45, 7) is 3.89. The average molecular weight is 276 g/mol.